The van der Waals surface area contributed by atoms with Crippen LogP contribution in [0.15, 0.2) is 0 Å². The van der Waals surface area contributed by atoms with Gasteiger partial charge in [0.1, 0.15) is 0 Å². The van der Waals surface area contributed by atoms with E-state index in [-0.39, 0.29) is 30.1 Å². The van der Waals surface area contributed by atoms with Crippen LogP contribution in [0.5, 0.6) is 0 Å². The van der Waals surface area contributed by atoms with Crippen molar-refractivity contribution in [1.82, 2.24) is 0 Å². The zero-order chi connectivity index (χ0) is 21.7. The van der Waals surface area contributed by atoms with E-state index in [1.807, 2.05) is 0 Å². The van der Waals surface area contributed by atoms with Gasteiger partial charge in [-0.1, -0.05) is 19.3 Å². The molecular weight excluding hydrogens is 364 g/mol. The third-order valence-corrected chi connectivity index (χ3v) is 8.16. The number of hydrogen-bond donors (Lipinski definition) is 0. The van der Waals surface area contributed by atoms with Crippen LogP contribution in [-0.2, 0) is 18.6 Å². The highest BCUT2D eigenvalue weighted by molar-refractivity contribution is 6.53. The topological polar surface area (TPSA) is 60.7 Å². The van der Waals surface area contributed by atoms with Gasteiger partial charge >= 0.3 is 14.2 Å². The Hall–Kier alpha value is -0.540. The quantitative estimate of drug-likeness (QED) is 0.586. The van der Waals surface area contributed by atoms with E-state index < -0.39 is 18.3 Å². The molecule has 1 saturated carbocycles. The molecule has 0 N–H and O–H groups in total. The van der Waals surface area contributed by atoms with Crippen LogP contribution in [0.2, 0.25) is 12.1 Å². The highest BCUT2D eigenvalue weighted by Crippen LogP contribution is 2.49. The van der Waals surface area contributed by atoms with E-state index in [9.17, 15) is 5.26 Å². The molecule has 2 atom stereocenters. The van der Waals surface area contributed by atoms with E-state index >= 15 is 0 Å². The monoisotopic (exact) mass is 403 g/mol. The van der Waals surface area contributed by atoms with Crippen LogP contribution in [-0.4, -0.2) is 36.6 Å². The highest BCUT2D eigenvalue weighted by atomic mass is 16.7. The van der Waals surface area contributed by atoms with E-state index in [4.69, 9.17) is 18.6 Å². The number of nitrogens with zero attached hydrogens (tertiary/aromatic N) is 1. The van der Waals surface area contributed by atoms with Crippen molar-refractivity contribution in [2.75, 3.05) is 0 Å². The molecule has 2 heterocycles. The maximum Gasteiger partial charge on any atom is 0.462 e. The minimum Gasteiger partial charge on any atom is -0.403 e. The standard InChI is InChI=1S/C22H39B2NO4/c1-19(2)20(3,4)27-23(26-19)14-18(17(15-25)16-12-10-9-11-13-16)24-28-21(5,6)22(7,8)29-24/h16-18H,9-14H2,1-8H3/t17-,18-/m1/s1. The summed E-state index contributed by atoms with van der Waals surface area (Å²) in [6, 6.07) is 2.65. The van der Waals surface area contributed by atoms with E-state index in [0.717, 1.165) is 12.8 Å². The normalized spacial score (nSPS) is 30.2. The second kappa shape index (κ2) is 7.86. The summed E-state index contributed by atoms with van der Waals surface area (Å²) < 4.78 is 25.5. The molecule has 2 aliphatic heterocycles. The molecule has 3 fully saturated rings. The summed E-state index contributed by atoms with van der Waals surface area (Å²) >= 11 is 0. The van der Waals surface area contributed by atoms with Crippen LogP contribution >= 0.6 is 0 Å². The molecule has 2 saturated heterocycles. The summed E-state index contributed by atoms with van der Waals surface area (Å²) in [5.74, 6) is 0.183. The van der Waals surface area contributed by atoms with Crippen molar-refractivity contribution in [3.8, 4) is 6.07 Å². The average molecular weight is 403 g/mol. The lowest BCUT2D eigenvalue weighted by Crippen LogP contribution is -2.41. The van der Waals surface area contributed by atoms with Gasteiger partial charge in [0.2, 0.25) is 0 Å². The second-order valence-electron chi connectivity index (χ2n) is 11.3. The van der Waals surface area contributed by atoms with Crippen LogP contribution in [0, 0.1) is 23.2 Å². The minimum absolute atomic E-state index is 0.0844. The number of nitriles is 1. The first-order chi connectivity index (χ1) is 13.3. The molecule has 0 unspecified atom stereocenters. The lowest BCUT2D eigenvalue weighted by molar-refractivity contribution is 0.00578. The molecule has 3 rings (SSSR count). The van der Waals surface area contributed by atoms with Crippen LogP contribution < -0.4 is 0 Å². The van der Waals surface area contributed by atoms with Crippen LogP contribution in [0.25, 0.3) is 0 Å². The van der Waals surface area contributed by atoms with Gasteiger partial charge in [-0.15, -0.1) is 0 Å². The molecule has 0 aromatic rings. The molecule has 0 aromatic heterocycles. The molecule has 1 aliphatic carbocycles. The third kappa shape index (κ3) is 4.42. The van der Waals surface area contributed by atoms with Gasteiger partial charge in [0, 0.05) is 5.82 Å². The van der Waals surface area contributed by atoms with Crippen molar-refractivity contribution < 1.29 is 18.6 Å². The highest BCUT2D eigenvalue weighted by Gasteiger charge is 2.59. The van der Waals surface area contributed by atoms with Crippen molar-refractivity contribution in [2.24, 2.45) is 11.8 Å². The fourth-order valence-electron chi connectivity index (χ4n) is 4.82. The summed E-state index contributed by atoms with van der Waals surface area (Å²) in [4.78, 5) is 0. The largest absolute Gasteiger partial charge is 0.462 e. The number of hydrogen-bond acceptors (Lipinski definition) is 5. The summed E-state index contributed by atoms with van der Waals surface area (Å²) in [6.07, 6.45) is 6.51. The Labute approximate surface area is 178 Å². The van der Waals surface area contributed by atoms with Gasteiger partial charge in [0.25, 0.3) is 0 Å². The predicted molar refractivity (Wildman–Crippen MR) is 116 cm³/mol. The molecule has 3 aliphatic rings. The molecule has 7 heteroatoms. The SMILES string of the molecule is CC1(C)OB(C[C@@H](B2OC(C)(C)C(C)(C)O2)[C@H](C#N)C2CCCCC2)OC1(C)C. The first kappa shape index (κ1) is 23.1. The zero-order valence-corrected chi connectivity index (χ0v) is 19.7. The molecule has 0 bridgehead atoms. The van der Waals surface area contributed by atoms with Crippen molar-refractivity contribution >= 4 is 14.2 Å². The van der Waals surface area contributed by atoms with Gasteiger partial charge in [0.15, 0.2) is 0 Å². The fourth-order valence-corrected chi connectivity index (χ4v) is 4.82. The van der Waals surface area contributed by atoms with Crippen molar-refractivity contribution in [3.05, 3.63) is 0 Å². The molecule has 5 nitrogen and oxygen atoms in total. The van der Waals surface area contributed by atoms with Crippen LogP contribution in [0.3, 0.4) is 0 Å². The molecule has 162 valence electrons. The number of rotatable bonds is 5. The predicted octanol–water partition coefficient (Wildman–Crippen LogP) is 5.26. The Balaban J connectivity index is 1.85. The summed E-state index contributed by atoms with van der Waals surface area (Å²) in [5.41, 5.74) is -1.60. The third-order valence-electron chi connectivity index (χ3n) is 8.16. The van der Waals surface area contributed by atoms with Crippen LogP contribution in [0.4, 0.5) is 0 Å². The first-order valence-electron chi connectivity index (χ1n) is 11.4. The molecule has 0 radical (unpaired) electrons. The van der Waals surface area contributed by atoms with Crippen molar-refractivity contribution in [2.45, 2.75) is 122 Å². The Morgan fingerprint density at radius 1 is 0.793 bits per heavy atom. The average Bonchev–Trinajstić information content (AvgIpc) is 2.94. The van der Waals surface area contributed by atoms with E-state index in [2.05, 4.69) is 61.5 Å². The fraction of sp³-hybridized carbons (Fsp3) is 0.955. The molecule has 29 heavy (non-hydrogen) atoms. The smallest absolute Gasteiger partial charge is 0.403 e. The van der Waals surface area contributed by atoms with E-state index in [1.165, 1.54) is 19.3 Å². The van der Waals surface area contributed by atoms with Crippen molar-refractivity contribution in [1.29, 1.82) is 5.26 Å². The van der Waals surface area contributed by atoms with Crippen molar-refractivity contribution in [3.63, 3.8) is 0 Å². The van der Waals surface area contributed by atoms with Gasteiger partial charge in [-0.05, 0) is 80.5 Å². The summed E-state index contributed by atoms with van der Waals surface area (Å²) in [7, 11) is -0.783. The zero-order valence-electron chi connectivity index (χ0n) is 19.7. The van der Waals surface area contributed by atoms with Gasteiger partial charge < -0.3 is 18.6 Å². The Morgan fingerprint density at radius 2 is 1.24 bits per heavy atom. The van der Waals surface area contributed by atoms with Gasteiger partial charge in [-0.3, -0.25) is 0 Å². The Kier molecular flexibility index (Phi) is 6.27. The Bertz CT molecular complexity index is 605. The summed E-state index contributed by atoms with van der Waals surface area (Å²) in [5, 5.41) is 10.2. The molecule has 0 spiro atoms. The minimum atomic E-state index is -0.425. The van der Waals surface area contributed by atoms with E-state index in [0.29, 0.717) is 12.2 Å². The molecule has 0 amide bonds. The second-order valence-corrected chi connectivity index (χ2v) is 11.3. The van der Waals surface area contributed by atoms with Crippen LogP contribution in [0.1, 0.15) is 87.5 Å². The van der Waals surface area contributed by atoms with Gasteiger partial charge in [-0.2, -0.15) is 5.26 Å². The maximum atomic E-state index is 10.2. The molecular formula is C22H39B2NO4. The summed E-state index contributed by atoms with van der Waals surface area (Å²) in [6.45, 7) is 16.6. The lowest BCUT2D eigenvalue weighted by atomic mass is 9.53. The maximum absolute atomic E-state index is 10.2. The van der Waals surface area contributed by atoms with Gasteiger partial charge in [-0.25, -0.2) is 0 Å². The Morgan fingerprint density at radius 3 is 1.69 bits per heavy atom. The first-order valence-corrected chi connectivity index (χ1v) is 11.4. The lowest BCUT2D eigenvalue weighted by Gasteiger charge is -2.33. The van der Waals surface area contributed by atoms with E-state index in [1.54, 1.807) is 0 Å². The molecule has 0 aromatic carbocycles. The van der Waals surface area contributed by atoms with Gasteiger partial charge in [0.05, 0.1) is 34.4 Å².